The molecule has 1 aromatic carbocycles. The van der Waals surface area contributed by atoms with Crippen molar-refractivity contribution in [2.45, 2.75) is 26.9 Å². The van der Waals surface area contributed by atoms with Gasteiger partial charge in [-0.25, -0.2) is 0 Å². The molecule has 1 nitrogen and oxygen atoms in total. The summed E-state index contributed by atoms with van der Waals surface area (Å²) in [6.07, 6.45) is 1.16. The highest BCUT2D eigenvalue weighted by Crippen LogP contribution is 2.20. The quantitative estimate of drug-likeness (QED) is 0.590. The molecule has 0 spiro atoms. The average Bonchev–Trinajstić information content (AvgIpc) is 2.25. The number of hydrogen-bond acceptors (Lipinski definition) is 1. The molecule has 0 saturated heterocycles. The van der Waals surface area contributed by atoms with Crippen molar-refractivity contribution in [3.63, 3.8) is 0 Å². The van der Waals surface area contributed by atoms with E-state index >= 15 is 0 Å². The topological polar surface area (TPSA) is 9.23 Å². The van der Waals surface area contributed by atoms with E-state index in [9.17, 15) is 0 Å². The first-order valence-electron chi connectivity index (χ1n) is 4.92. The maximum absolute atomic E-state index is 5.59. The van der Waals surface area contributed by atoms with Crippen LogP contribution in [0.15, 0.2) is 18.2 Å². The SMILES string of the molecule is Cc1ccc2c(c1)COC[C@H](C)C2. The van der Waals surface area contributed by atoms with E-state index in [1.54, 1.807) is 0 Å². The van der Waals surface area contributed by atoms with Crippen LogP contribution in [-0.2, 0) is 17.8 Å². The van der Waals surface area contributed by atoms with Crippen LogP contribution in [0, 0.1) is 12.8 Å². The lowest BCUT2D eigenvalue weighted by Crippen LogP contribution is -2.03. The highest BCUT2D eigenvalue weighted by molar-refractivity contribution is 5.31. The molecule has 0 aliphatic carbocycles. The van der Waals surface area contributed by atoms with Crippen LogP contribution >= 0.6 is 0 Å². The lowest BCUT2D eigenvalue weighted by Gasteiger charge is -2.07. The van der Waals surface area contributed by atoms with Crippen molar-refractivity contribution in [3.8, 4) is 0 Å². The van der Waals surface area contributed by atoms with Gasteiger partial charge in [0.2, 0.25) is 0 Å². The predicted octanol–water partition coefficient (Wildman–Crippen LogP) is 2.70. The molecular weight excluding hydrogens is 160 g/mol. The third-order valence-electron chi connectivity index (χ3n) is 2.59. The maximum atomic E-state index is 5.59. The van der Waals surface area contributed by atoms with Crippen LogP contribution < -0.4 is 0 Å². The first kappa shape index (κ1) is 8.76. The minimum absolute atomic E-state index is 0.656. The van der Waals surface area contributed by atoms with Gasteiger partial charge < -0.3 is 4.74 Å². The minimum atomic E-state index is 0.656. The van der Waals surface area contributed by atoms with E-state index < -0.39 is 0 Å². The second-order valence-electron chi connectivity index (χ2n) is 4.10. The molecule has 2 rings (SSSR count). The molecule has 1 heterocycles. The molecule has 1 heteroatoms. The molecule has 1 aliphatic rings. The monoisotopic (exact) mass is 176 g/mol. The van der Waals surface area contributed by atoms with Crippen LogP contribution in [0.25, 0.3) is 0 Å². The van der Waals surface area contributed by atoms with E-state index in [4.69, 9.17) is 4.74 Å². The van der Waals surface area contributed by atoms with Crippen LogP contribution in [0.4, 0.5) is 0 Å². The largest absolute Gasteiger partial charge is 0.376 e. The summed E-state index contributed by atoms with van der Waals surface area (Å²) >= 11 is 0. The number of aryl methyl sites for hydroxylation is 1. The van der Waals surface area contributed by atoms with Crippen LogP contribution in [0.1, 0.15) is 23.6 Å². The van der Waals surface area contributed by atoms with Crippen LogP contribution in [-0.4, -0.2) is 6.61 Å². The van der Waals surface area contributed by atoms with Crippen molar-refractivity contribution in [2.24, 2.45) is 5.92 Å². The van der Waals surface area contributed by atoms with E-state index in [2.05, 4.69) is 32.0 Å². The summed E-state index contributed by atoms with van der Waals surface area (Å²) in [5, 5.41) is 0. The Bertz CT molecular complexity index is 304. The fourth-order valence-electron chi connectivity index (χ4n) is 1.89. The minimum Gasteiger partial charge on any atom is -0.376 e. The van der Waals surface area contributed by atoms with Gasteiger partial charge in [0.05, 0.1) is 6.61 Å². The molecule has 0 amide bonds. The molecule has 70 valence electrons. The van der Waals surface area contributed by atoms with E-state index in [1.165, 1.54) is 16.7 Å². The van der Waals surface area contributed by atoms with Gasteiger partial charge in [-0.1, -0.05) is 30.7 Å². The zero-order valence-corrected chi connectivity index (χ0v) is 8.34. The maximum Gasteiger partial charge on any atom is 0.0719 e. The van der Waals surface area contributed by atoms with Gasteiger partial charge in [-0.3, -0.25) is 0 Å². The number of ether oxygens (including phenoxy) is 1. The summed E-state index contributed by atoms with van der Waals surface area (Å²) in [6.45, 7) is 6.07. The molecule has 1 aromatic rings. The highest BCUT2D eigenvalue weighted by atomic mass is 16.5. The Balaban J connectivity index is 2.34. The summed E-state index contributed by atoms with van der Waals surface area (Å²) in [5.41, 5.74) is 4.18. The van der Waals surface area contributed by atoms with Crippen molar-refractivity contribution in [2.75, 3.05) is 6.61 Å². The summed E-state index contributed by atoms with van der Waals surface area (Å²) in [4.78, 5) is 0. The van der Waals surface area contributed by atoms with Gasteiger partial charge in [0, 0.05) is 6.61 Å². The zero-order valence-electron chi connectivity index (χ0n) is 8.34. The first-order valence-corrected chi connectivity index (χ1v) is 4.92. The molecule has 0 aromatic heterocycles. The van der Waals surface area contributed by atoms with Crippen molar-refractivity contribution in [1.29, 1.82) is 0 Å². The van der Waals surface area contributed by atoms with Gasteiger partial charge in [0.1, 0.15) is 0 Å². The average molecular weight is 176 g/mol. The third-order valence-corrected chi connectivity index (χ3v) is 2.59. The molecule has 0 saturated carbocycles. The summed E-state index contributed by atoms with van der Waals surface area (Å²) in [7, 11) is 0. The smallest absolute Gasteiger partial charge is 0.0719 e. The standard InChI is InChI=1S/C12H16O/c1-9-3-4-11-6-10(2)7-13-8-12(11)5-9/h3-5,10H,6-8H2,1-2H3/t10-/m1/s1. The Morgan fingerprint density at radius 3 is 3.00 bits per heavy atom. The Hall–Kier alpha value is -0.820. The fourth-order valence-corrected chi connectivity index (χ4v) is 1.89. The second-order valence-corrected chi connectivity index (χ2v) is 4.10. The second kappa shape index (κ2) is 3.51. The van der Waals surface area contributed by atoms with Gasteiger partial charge >= 0.3 is 0 Å². The molecule has 0 N–H and O–H groups in total. The highest BCUT2D eigenvalue weighted by Gasteiger charge is 2.12. The first-order chi connectivity index (χ1) is 6.25. The molecule has 0 radical (unpaired) electrons. The third kappa shape index (κ3) is 1.92. The normalized spacial score (nSPS) is 22.2. The number of hydrogen-bond donors (Lipinski definition) is 0. The molecule has 0 unspecified atom stereocenters. The van der Waals surface area contributed by atoms with Gasteiger partial charge in [-0.15, -0.1) is 0 Å². The lowest BCUT2D eigenvalue weighted by molar-refractivity contribution is 0.100. The number of benzene rings is 1. The zero-order chi connectivity index (χ0) is 9.26. The predicted molar refractivity (Wildman–Crippen MR) is 53.7 cm³/mol. The molecule has 1 atom stereocenters. The van der Waals surface area contributed by atoms with Crippen molar-refractivity contribution >= 4 is 0 Å². The molecule has 13 heavy (non-hydrogen) atoms. The Labute approximate surface area is 79.7 Å². The van der Waals surface area contributed by atoms with Gasteiger partial charge in [-0.2, -0.15) is 0 Å². The Morgan fingerprint density at radius 2 is 2.15 bits per heavy atom. The summed E-state index contributed by atoms with van der Waals surface area (Å²) < 4.78 is 5.59. The number of rotatable bonds is 0. The molecule has 0 fully saturated rings. The van der Waals surface area contributed by atoms with Gasteiger partial charge in [-0.05, 0) is 30.4 Å². The van der Waals surface area contributed by atoms with Crippen LogP contribution in [0.3, 0.4) is 0 Å². The van der Waals surface area contributed by atoms with E-state index in [0.717, 1.165) is 19.6 Å². The van der Waals surface area contributed by atoms with Crippen LogP contribution in [0.5, 0.6) is 0 Å². The lowest BCUT2D eigenvalue weighted by atomic mass is 9.97. The van der Waals surface area contributed by atoms with Crippen molar-refractivity contribution < 1.29 is 4.74 Å². The summed E-state index contributed by atoms with van der Waals surface area (Å²) in [6, 6.07) is 6.68. The van der Waals surface area contributed by atoms with Gasteiger partial charge in [0.25, 0.3) is 0 Å². The Kier molecular flexibility index (Phi) is 2.36. The molecule has 1 aliphatic heterocycles. The fraction of sp³-hybridized carbons (Fsp3) is 0.500. The van der Waals surface area contributed by atoms with Gasteiger partial charge in [0.15, 0.2) is 0 Å². The van der Waals surface area contributed by atoms with Crippen molar-refractivity contribution in [3.05, 3.63) is 34.9 Å². The molecule has 0 bridgehead atoms. The van der Waals surface area contributed by atoms with Crippen LogP contribution in [0.2, 0.25) is 0 Å². The van der Waals surface area contributed by atoms with Crippen molar-refractivity contribution in [1.82, 2.24) is 0 Å². The summed E-state index contributed by atoms with van der Waals surface area (Å²) in [5.74, 6) is 0.656. The van der Waals surface area contributed by atoms with E-state index in [-0.39, 0.29) is 0 Å². The van der Waals surface area contributed by atoms with E-state index in [1.807, 2.05) is 0 Å². The van der Waals surface area contributed by atoms with E-state index in [0.29, 0.717) is 5.92 Å². The molecular formula is C12H16O. The number of fused-ring (bicyclic) bond motifs is 1. The Morgan fingerprint density at radius 1 is 1.31 bits per heavy atom.